The fourth-order valence-corrected chi connectivity index (χ4v) is 6.24. The van der Waals surface area contributed by atoms with Gasteiger partial charge < -0.3 is 9.16 Å². The standard InChI is InChI=1S/C23H32BrNO4SSi/c1-17-8-7-9-20(14-17)30(26,27)25-16-19(12-13-28-31(5,6)23(2,3)4)29-22-11-10-18(24)15-21(22)25/h7-11,14-15,19H,12-13,16H2,1-6H3/t19-/m0/s1. The molecule has 0 aromatic heterocycles. The van der Waals surface area contributed by atoms with E-state index in [-0.39, 0.29) is 22.6 Å². The fraction of sp³-hybridized carbons (Fsp3) is 0.478. The van der Waals surface area contributed by atoms with Gasteiger partial charge in [-0.2, -0.15) is 0 Å². The molecule has 0 aliphatic carbocycles. The third-order valence-electron chi connectivity index (χ3n) is 6.14. The lowest BCUT2D eigenvalue weighted by Gasteiger charge is -2.38. The van der Waals surface area contributed by atoms with Crippen molar-refractivity contribution in [2.24, 2.45) is 0 Å². The average molecular weight is 527 g/mol. The van der Waals surface area contributed by atoms with Gasteiger partial charge in [0.1, 0.15) is 11.9 Å². The van der Waals surface area contributed by atoms with Crippen molar-refractivity contribution in [3.05, 3.63) is 52.5 Å². The van der Waals surface area contributed by atoms with Crippen LogP contribution < -0.4 is 9.04 Å². The Kier molecular flexibility index (Phi) is 6.96. The smallest absolute Gasteiger partial charge is 0.264 e. The number of ether oxygens (including phenoxy) is 1. The van der Waals surface area contributed by atoms with E-state index in [1.54, 1.807) is 24.3 Å². The van der Waals surface area contributed by atoms with Crippen molar-refractivity contribution >= 4 is 40.0 Å². The second-order valence-electron chi connectivity index (χ2n) is 9.60. The van der Waals surface area contributed by atoms with E-state index in [4.69, 9.17) is 9.16 Å². The molecule has 0 bridgehead atoms. The highest BCUT2D eigenvalue weighted by molar-refractivity contribution is 9.10. The van der Waals surface area contributed by atoms with Gasteiger partial charge in [0.25, 0.3) is 10.0 Å². The SMILES string of the molecule is Cc1cccc(S(=O)(=O)N2C[C@H](CCO[Si](C)(C)C(C)(C)C)Oc3ccc(Br)cc32)c1. The molecule has 5 nitrogen and oxygen atoms in total. The van der Waals surface area contributed by atoms with Crippen molar-refractivity contribution in [2.75, 3.05) is 17.5 Å². The van der Waals surface area contributed by atoms with Gasteiger partial charge in [-0.05, 0) is 61.0 Å². The molecule has 8 heteroatoms. The molecule has 170 valence electrons. The van der Waals surface area contributed by atoms with Crippen molar-refractivity contribution < 1.29 is 17.6 Å². The Labute approximate surface area is 196 Å². The van der Waals surface area contributed by atoms with Crippen LogP contribution in [0, 0.1) is 6.92 Å². The number of anilines is 1. The van der Waals surface area contributed by atoms with Gasteiger partial charge in [-0.3, -0.25) is 4.31 Å². The maximum Gasteiger partial charge on any atom is 0.264 e. The normalized spacial score (nSPS) is 17.3. The third-order valence-corrected chi connectivity index (χ3v) is 12.9. The summed E-state index contributed by atoms with van der Waals surface area (Å²) in [5.41, 5.74) is 1.46. The fourth-order valence-electron chi connectivity index (χ4n) is 3.23. The Morgan fingerprint density at radius 2 is 1.90 bits per heavy atom. The Bertz CT molecular complexity index is 1050. The minimum absolute atomic E-state index is 0.125. The van der Waals surface area contributed by atoms with E-state index < -0.39 is 18.3 Å². The molecule has 0 saturated heterocycles. The molecule has 2 aromatic carbocycles. The maximum absolute atomic E-state index is 13.6. The zero-order valence-corrected chi connectivity index (χ0v) is 22.5. The van der Waals surface area contributed by atoms with Crippen LogP contribution in [0.25, 0.3) is 0 Å². The van der Waals surface area contributed by atoms with Crippen LogP contribution in [0.2, 0.25) is 18.1 Å². The number of hydrogen-bond donors (Lipinski definition) is 0. The minimum Gasteiger partial charge on any atom is -0.486 e. The monoisotopic (exact) mass is 525 g/mol. The lowest BCUT2D eigenvalue weighted by atomic mass is 10.2. The van der Waals surface area contributed by atoms with Crippen LogP contribution >= 0.6 is 15.9 Å². The summed E-state index contributed by atoms with van der Waals surface area (Å²) in [6, 6.07) is 12.5. The number of nitrogens with zero attached hydrogens (tertiary/aromatic N) is 1. The first-order chi connectivity index (χ1) is 14.3. The van der Waals surface area contributed by atoms with Gasteiger partial charge in [-0.25, -0.2) is 8.42 Å². The number of fused-ring (bicyclic) bond motifs is 1. The molecule has 1 aliphatic rings. The van der Waals surface area contributed by atoms with Crippen LogP contribution in [0.4, 0.5) is 5.69 Å². The van der Waals surface area contributed by atoms with Gasteiger partial charge in [0.2, 0.25) is 0 Å². The van der Waals surface area contributed by atoms with E-state index in [1.807, 2.05) is 25.1 Å². The Morgan fingerprint density at radius 1 is 1.19 bits per heavy atom. The molecule has 0 saturated carbocycles. The van der Waals surface area contributed by atoms with Crippen LogP contribution in [-0.4, -0.2) is 36.0 Å². The number of hydrogen-bond acceptors (Lipinski definition) is 4. The van der Waals surface area contributed by atoms with Gasteiger partial charge in [-0.1, -0.05) is 48.8 Å². The Morgan fingerprint density at radius 3 is 2.55 bits per heavy atom. The Hall–Kier alpha value is -1.35. The molecule has 0 unspecified atom stereocenters. The zero-order chi connectivity index (χ0) is 23.0. The van der Waals surface area contributed by atoms with E-state index >= 15 is 0 Å². The minimum atomic E-state index is -3.72. The predicted molar refractivity (Wildman–Crippen MR) is 132 cm³/mol. The van der Waals surface area contributed by atoms with Gasteiger partial charge in [-0.15, -0.1) is 0 Å². The summed E-state index contributed by atoms with van der Waals surface area (Å²) < 4.78 is 41.9. The molecule has 31 heavy (non-hydrogen) atoms. The van der Waals surface area contributed by atoms with E-state index in [9.17, 15) is 8.42 Å². The molecule has 0 spiro atoms. The predicted octanol–water partition coefficient (Wildman–Crippen LogP) is 6.13. The number of rotatable bonds is 6. The molecule has 0 fully saturated rings. The van der Waals surface area contributed by atoms with E-state index in [0.717, 1.165) is 10.0 Å². The second kappa shape index (κ2) is 8.88. The Balaban J connectivity index is 1.87. The first kappa shape index (κ1) is 24.3. The summed E-state index contributed by atoms with van der Waals surface area (Å²) in [6.45, 7) is 13.8. The first-order valence-electron chi connectivity index (χ1n) is 10.5. The van der Waals surface area contributed by atoms with Gasteiger partial charge in [0.05, 0.1) is 17.1 Å². The summed E-state index contributed by atoms with van der Waals surface area (Å²) in [4.78, 5) is 0.289. The second-order valence-corrected chi connectivity index (χ2v) is 17.2. The molecule has 0 N–H and O–H groups in total. The number of benzene rings is 2. The van der Waals surface area contributed by atoms with Crippen LogP contribution in [0.15, 0.2) is 51.8 Å². The number of sulfonamides is 1. The van der Waals surface area contributed by atoms with Crippen molar-refractivity contribution in [1.29, 1.82) is 0 Å². The zero-order valence-electron chi connectivity index (χ0n) is 19.1. The molecule has 1 aliphatic heterocycles. The van der Waals surface area contributed by atoms with E-state index in [2.05, 4.69) is 49.8 Å². The van der Waals surface area contributed by atoms with E-state index in [0.29, 0.717) is 24.5 Å². The van der Waals surface area contributed by atoms with E-state index in [1.165, 1.54) is 4.31 Å². The molecule has 3 rings (SSSR count). The lowest BCUT2D eigenvalue weighted by Crippen LogP contribution is -2.45. The first-order valence-corrected chi connectivity index (χ1v) is 15.6. The maximum atomic E-state index is 13.6. The molecule has 2 aromatic rings. The summed E-state index contributed by atoms with van der Waals surface area (Å²) in [5.74, 6) is 0.572. The third kappa shape index (κ3) is 5.35. The van der Waals surface area contributed by atoms with Crippen LogP contribution in [-0.2, 0) is 14.4 Å². The van der Waals surface area contributed by atoms with Crippen LogP contribution in [0.5, 0.6) is 5.75 Å². The van der Waals surface area contributed by atoms with Crippen molar-refractivity contribution in [2.45, 2.75) is 63.2 Å². The quantitative estimate of drug-likeness (QED) is 0.425. The van der Waals surface area contributed by atoms with Crippen LogP contribution in [0.1, 0.15) is 32.8 Å². The molecule has 1 atom stereocenters. The van der Waals surface area contributed by atoms with Crippen LogP contribution in [0.3, 0.4) is 0 Å². The highest BCUT2D eigenvalue weighted by Gasteiger charge is 2.38. The summed E-state index contributed by atoms with van der Waals surface area (Å²) in [5, 5.41) is 0.125. The summed E-state index contributed by atoms with van der Waals surface area (Å²) >= 11 is 3.46. The van der Waals surface area contributed by atoms with Crippen molar-refractivity contribution in [3.63, 3.8) is 0 Å². The van der Waals surface area contributed by atoms with Gasteiger partial charge in [0.15, 0.2) is 8.32 Å². The average Bonchev–Trinajstić information content (AvgIpc) is 2.66. The largest absolute Gasteiger partial charge is 0.486 e. The van der Waals surface area contributed by atoms with Gasteiger partial charge >= 0.3 is 0 Å². The molecular weight excluding hydrogens is 494 g/mol. The number of aryl methyl sites for hydroxylation is 1. The number of halogens is 1. The topological polar surface area (TPSA) is 55.8 Å². The molecule has 0 radical (unpaired) electrons. The van der Waals surface area contributed by atoms with Crippen molar-refractivity contribution in [3.8, 4) is 5.75 Å². The molecule has 0 amide bonds. The lowest BCUT2D eigenvalue weighted by molar-refractivity contribution is 0.155. The molecular formula is C23H32BrNO4SSi. The van der Waals surface area contributed by atoms with Crippen molar-refractivity contribution in [1.82, 2.24) is 0 Å². The van der Waals surface area contributed by atoms with Gasteiger partial charge in [0, 0.05) is 17.5 Å². The highest BCUT2D eigenvalue weighted by atomic mass is 79.9. The summed E-state index contributed by atoms with van der Waals surface area (Å²) in [6.07, 6.45) is 0.347. The molecule has 1 heterocycles. The highest BCUT2D eigenvalue weighted by Crippen LogP contribution is 2.40. The summed E-state index contributed by atoms with van der Waals surface area (Å²) in [7, 11) is -5.60.